The number of hydrogen-bond donors (Lipinski definition) is 4. The van der Waals surface area contributed by atoms with E-state index < -0.39 is 10.2 Å². The fourth-order valence-electron chi connectivity index (χ4n) is 2.04. The fraction of sp³-hybridized carbons (Fsp3) is 0. The van der Waals surface area contributed by atoms with Gasteiger partial charge in [-0.15, -0.1) is 0 Å². The van der Waals surface area contributed by atoms with E-state index >= 15 is 0 Å². The molecule has 0 amide bonds. The maximum absolute atomic E-state index is 8.25. The SMILES string of the molecule is Nc1nc(N)nc(-c2ccccn2)n1.Nc1nc(N)nc(-c2ccccn2)n1.O=[N+]([O-])[O-].O=[N+]([O-])[O-].[Ni+2]. The van der Waals surface area contributed by atoms with E-state index in [0.717, 1.165) is 0 Å². The third-order valence-corrected chi connectivity index (χ3v) is 3.13. The molecule has 4 aromatic rings. The predicted molar refractivity (Wildman–Crippen MR) is 124 cm³/mol. The second kappa shape index (κ2) is 16.1. The summed E-state index contributed by atoms with van der Waals surface area (Å²) in [7, 11) is 0. The second-order valence-corrected chi connectivity index (χ2v) is 5.63. The van der Waals surface area contributed by atoms with Crippen molar-refractivity contribution in [2.24, 2.45) is 0 Å². The van der Waals surface area contributed by atoms with Crippen LogP contribution in [0.4, 0.5) is 23.8 Å². The molecule has 0 aliphatic carbocycles. The second-order valence-electron chi connectivity index (χ2n) is 5.63. The molecule has 0 atom stereocenters. The summed E-state index contributed by atoms with van der Waals surface area (Å²) in [5.41, 5.74) is 22.9. The van der Waals surface area contributed by atoms with E-state index in [1.165, 1.54) is 0 Å². The Balaban J connectivity index is 0.000000535. The van der Waals surface area contributed by atoms with E-state index in [1.807, 2.05) is 12.1 Å². The number of aromatic nitrogens is 8. The van der Waals surface area contributed by atoms with Crippen LogP contribution in [0.5, 0.6) is 0 Å². The van der Waals surface area contributed by atoms with Crippen LogP contribution in [0.25, 0.3) is 23.0 Å². The van der Waals surface area contributed by atoms with Crippen molar-refractivity contribution in [1.82, 2.24) is 39.9 Å². The van der Waals surface area contributed by atoms with Crippen LogP contribution < -0.4 is 22.9 Å². The standard InChI is InChI=1S/2C8H8N6.2NO3.Ni/c2*9-7-12-6(13-8(10)14-7)5-3-1-2-4-11-5;2*2-1(3)4;/h2*1-4H,(H4,9,10,12,13,14);;;/q;;2*-1;+2. The topological polar surface area (TPSA) is 340 Å². The molecule has 21 heteroatoms. The molecule has 37 heavy (non-hydrogen) atoms. The first-order valence-corrected chi connectivity index (χ1v) is 8.97. The van der Waals surface area contributed by atoms with Crippen LogP contribution >= 0.6 is 0 Å². The molecule has 4 aromatic heterocycles. The van der Waals surface area contributed by atoms with Gasteiger partial charge in [-0.2, -0.15) is 29.9 Å². The van der Waals surface area contributed by atoms with Crippen LogP contribution in [0, 0.1) is 30.6 Å². The van der Waals surface area contributed by atoms with E-state index in [4.69, 9.17) is 53.6 Å². The van der Waals surface area contributed by atoms with Gasteiger partial charge in [-0.3, -0.25) is 9.97 Å². The Morgan fingerprint density at radius 1 is 0.541 bits per heavy atom. The van der Waals surface area contributed by atoms with Gasteiger partial charge in [0.1, 0.15) is 11.4 Å². The van der Waals surface area contributed by atoms with Gasteiger partial charge in [-0.05, 0) is 24.3 Å². The minimum atomic E-state index is -1.75. The number of pyridine rings is 2. The Bertz CT molecular complexity index is 1120. The van der Waals surface area contributed by atoms with E-state index in [0.29, 0.717) is 23.0 Å². The number of nitrogens with zero attached hydrogens (tertiary/aromatic N) is 10. The molecule has 0 spiro atoms. The predicted octanol–water partition coefficient (Wildman–Crippen LogP) is -0.285. The quantitative estimate of drug-likeness (QED) is 0.139. The van der Waals surface area contributed by atoms with E-state index in [-0.39, 0.29) is 40.3 Å². The molecule has 0 aromatic carbocycles. The number of nitrogen functional groups attached to an aromatic ring is 4. The van der Waals surface area contributed by atoms with Gasteiger partial charge in [0.25, 0.3) is 0 Å². The first-order valence-electron chi connectivity index (χ1n) is 8.97. The van der Waals surface area contributed by atoms with Crippen molar-refractivity contribution in [3.63, 3.8) is 0 Å². The summed E-state index contributed by atoms with van der Waals surface area (Å²) < 4.78 is 0. The summed E-state index contributed by atoms with van der Waals surface area (Å²) >= 11 is 0. The summed E-state index contributed by atoms with van der Waals surface area (Å²) in [5.74, 6) is 1.15. The third-order valence-electron chi connectivity index (χ3n) is 3.13. The molecule has 0 aliphatic rings. The number of hydrogen-bond acceptors (Lipinski definition) is 18. The average molecular weight is 559 g/mol. The first-order chi connectivity index (χ1) is 17.0. The molecule has 0 bridgehead atoms. The molecule has 20 nitrogen and oxygen atoms in total. The third kappa shape index (κ3) is 13.6. The molecule has 0 fully saturated rings. The Hall–Kier alpha value is -5.59. The van der Waals surface area contributed by atoms with Crippen LogP contribution in [0.1, 0.15) is 0 Å². The van der Waals surface area contributed by atoms with Crippen LogP contribution in [-0.2, 0) is 16.5 Å². The van der Waals surface area contributed by atoms with Gasteiger partial charge >= 0.3 is 16.5 Å². The Labute approximate surface area is 216 Å². The van der Waals surface area contributed by atoms with Crippen LogP contribution in [0.15, 0.2) is 48.8 Å². The zero-order valence-electron chi connectivity index (χ0n) is 18.2. The van der Waals surface area contributed by atoms with Crippen LogP contribution in [0.2, 0.25) is 0 Å². The zero-order valence-corrected chi connectivity index (χ0v) is 19.2. The summed E-state index contributed by atoms with van der Waals surface area (Å²) in [6.45, 7) is 0. The molecule has 4 heterocycles. The van der Waals surface area contributed by atoms with Gasteiger partial charge < -0.3 is 53.6 Å². The van der Waals surface area contributed by atoms with Gasteiger partial charge in [0, 0.05) is 12.4 Å². The maximum atomic E-state index is 8.25. The normalized spacial score (nSPS) is 8.86. The summed E-state index contributed by atoms with van der Waals surface area (Å²) in [5, 5.41) is 29.5. The molecule has 0 unspecified atom stereocenters. The van der Waals surface area contributed by atoms with Crippen molar-refractivity contribution in [3.05, 3.63) is 79.4 Å². The molecule has 0 radical (unpaired) electrons. The smallest absolute Gasteiger partial charge is 0.368 e. The van der Waals surface area contributed by atoms with Gasteiger partial charge in [0.05, 0.1) is 10.2 Å². The van der Waals surface area contributed by atoms with Crippen molar-refractivity contribution in [3.8, 4) is 23.0 Å². The molecular weight excluding hydrogens is 543 g/mol. The van der Waals surface area contributed by atoms with Crippen LogP contribution in [0.3, 0.4) is 0 Å². The Kier molecular flexibility index (Phi) is 13.7. The minimum Gasteiger partial charge on any atom is -0.368 e. The minimum absolute atomic E-state index is 0. The summed E-state index contributed by atoms with van der Waals surface area (Å²) in [4.78, 5) is 47.6. The molecule has 4 rings (SSSR count). The van der Waals surface area contributed by atoms with Gasteiger partial charge in [-0.1, -0.05) is 12.1 Å². The van der Waals surface area contributed by atoms with Gasteiger partial charge in [0.15, 0.2) is 11.6 Å². The first kappa shape index (κ1) is 31.4. The Morgan fingerprint density at radius 2 is 0.811 bits per heavy atom. The average Bonchev–Trinajstić information content (AvgIpc) is 2.79. The van der Waals surface area contributed by atoms with Crippen molar-refractivity contribution in [1.29, 1.82) is 0 Å². The van der Waals surface area contributed by atoms with E-state index in [9.17, 15) is 0 Å². The molecular formula is C16H16N14NiO6. The van der Waals surface area contributed by atoms with Crippen LogP contribution in [-0.4, -0.2) is 50.0 Å². The van der Waals surface area contributed by atoms with Gasteiger partial charge in [0.2, 0.25) is 23.8 Å². The van der Waals surface area contributed by atoms with Crippen molar-refractivity contribution >= 4 is 23.8 Å². The molecule has 0 aliphatic heterocycles. The van der Waals surface area contributed by atoms with E-state index in [2.05, 4.69) is 39.9 Å². The molecule has 8 N–H and O–H groups in total. The van der Waals surface area contributed by atoms with Gasteiger partial charge in [-0.25, -0.2) is 0 Å². The Morgan fingerprint density at radius 3 is 1.03 bits per heavy atom. The largest absolute Gasteiger partial charge is 2.00 e. The van der Waals surface area contributed by atoms with Crippen molar-refractivity contribution in [2.75, 3.05) is 22.9 Å². The van der Waals surface area contributed by atoms with Crippen molar-refractivity contribution < 1.29 is 26.7 Å². The fourth-order valence-corrected chi connectivity index (χ4v) is 2.04. The molecule has 0 saturated carbocycles. The monoisotopic (exact) mass is 558 g/mol. The number of rotatable bonds is 2. The molecule has 196 valence electrons. The van der Waals surface area contributed by atoms with Crippen molar-refractivity contribution in [2.45, 2.75) is 0 Å². The maximum Gasteiger partial charge on any atom is 2.00 e. The number of anilines is 4. The number of nitrogens with two attached hydrogens (primary N) is 4. The molecule has 0 saturated heterocycles. The zero-order chi connectivity index (χ0) is 27.1. The summed E-state index contributed by atoms with van der Waals surface area (Å²) in [6, 6.07) is 10.8. The van der Waals surface area contributed by atoms with E-state index in [1.54, 1.807) is 36.7 Å². The summed E-state index contributed by atoms with van der Waals surface area (Å²) in [6.07, 6.45) is 3.29.